The van der Waals surface area contributed by atoms with Gasteiger partial charge in [0.25, 0.3) is 0 Å². The number of benzene rings is 1. The second-order valence-corrected chi connectivity index (χ2v) is 5.52. The van der Waals surface area contributed by atoms with E-state index in [1.807, 2.05) is 38.1 Å². The molecule has 15 heavy (non-hydrogen) atoms. The normalized spacial score (nSPS) is 11.2. The van der Waals surface area contributed by atoms with Gasteiger partial charge in [-0.3, -0.25) is 4.72 Å². The highest BCUT2D eigenvalue weighted by molar-refractivity contribution is 7.92. The Kier molecular flexibility index (Phi) is 3.24. The summed E-state index contributed by atoms with van der Waals surface area (Å²) in [5, 5.41) is 0. The maximum absolute atomic E-state index is 11.0. The van der Waals surface area contributed by atoms with Crippen molar-refractivity contribution in [2.75, 3.05) is 30.0 Å². The molecule has 0 heterocycles. The molecule has 0 radical (unpaired) electrons. The fraction of sp³-hybridized carbons (Fsp3) is 0.400. The van der Waals surface area contributed by atoms with Crippen molar-refractivity contribution in [3.05, 3.63) is 23.8 Å². The maximum atomic E-state index is 11.0. The predicted octanol–water partition coefficient (Wildman–Crippen LogP) is 1.43. The highest BCUT2D eigenvalue weighted by Crippen LogP contribution is 2.22. The molecular weight excluding hydrogens is 212 g/mol. The minimum atomic E-state index is -3.20. The quantitative estimate of drug-likeness (QED) is 0.851. The Labute approximate surface area is 91.0 Å². The number of hydrogen-bond donors (Lipinski definition) is 1. The third-order valence-corrected chi connectivity index (χ3v) is 2.60. The molecule has 0 aliphatic heterocycles. The Morgan fingerprint density at radius 3 is 2.33 bits per heavy atom. The molecule has 0 atom stereocenters. The zero-order chi connectivity index (χ0) is 11.6. The van der Waals surface area contributed by atoms with Crippen LogP contribution in [0.15, 0.2) is 18.2 Å². The van der Waals surface area contributed by atoms with Crippen LogP contribution in [0.25, 0.3) is 0 Å². The summed E-state index contributed by atoms with van der Waals surface area (Å²) < 4.78 is 24.5. The van der Waals surface area contributed by atoms with Gasteiger partial charge in [-0.1, -0.05) is 6.07 Å². The third kappa shape index (κ3) is 3.43. The van der Waals surface area contributed by atoms with Crippen LogP contribution in [-0.2, 0) is 10.0 Å². The van der Waals surface area contributed by atoms with E-state index in [1.54, 1.807) is 6.07 Å². The number of aryl methyl sites for hydroxylation is 1. The summed E-state index contributed by atoms with van der Waals surface area (Å²) in [6.07, 6.45) is 1.14. The molecular formula is C10H16N2O2S. The Morgan fingerprint density at radius 1 is 1.27 bits per heavy atom. The van der Waals surface area contributed by atoms with Gasteiger partial charge in [0, 0.05) is 19.8 Å². The van der Waals surface area contributed by atoms with Gasteiger partial charge in [-0.2, -0.15) is 0 Å². The standard InChI is InChI=1S/C10H16N2O2S/c1-8-5-6-9(11-15(4,13)14)7-10(8)12(2)3/h5-7,11H,1-4H3. The highest BCUT2D eigenvalue weighted by Gasteiger charge is 2.05. The molecule has 1 N–H and O–H groups in total. The molecule has 1 aromatic carbocycles. The number of sulfonamides is 1. The summed E-state index contributed by atoms with van der Waals surface area (Å²) in [7, 11) is 0.645. The van der Waals surface area contributed by atoms with Gasteiger partial charge in [0.05, 0.1) is 11.9 Å². The molecule has 5 heteroatoms. The average molecular weight is 228 g/mol. The molecule has 0 amide bonds. The fourth-order valence-electron chi connectivity index (χ4n) is 1.37. The zero-order valence-electron chi connectivity index (χ0n) is 9.40. The first-order valence-electron chi connectivity index (χ1n) is 4.55. The summed E-state index contributed by atoms with van der Waals surface area (Å²) in [4.78, 5) is 1.95. The molecule has 1 rings (SSSR count). The molecule has 0 aliphatic rings. The van der Waals surface area contributed by atoms with E-state index in [0.29, 0.717) is 5.69 Å². The number of anilines is 2. The second-order valence-electron chi connectivity index (χ2n) is 3.77. The largest absolute Gasteiger partial charge is 0.377 e. The van der Waals surface area contributed by atoms with E-state index in [4.69, 9.17) is 0 Å². The van der Waals surface area contributed by atoms with Crippen molar-refractivity contribution in [3.63, 3.8) is 0 Å². The predicted molar refractivity (Wildman–Crippen MR) is 64.0 cm³/mol. The van der Waals surface area contributed by atoms with Crippen molar-refractivity contribution in [3.8, 4) is 0 Å². The monoisotopic (exact) mass is 228 g/mol. The first kappa shape index (κ1) is 11.8. The van der Waals surface area contributed by atoms with Crippen LogP contribution in [-0.4, -0.2) is 28.8 Å². The number of nitrogens with one attached hydrogen (secondary N) is 1. The van der Waals surface area contributed by atoms with E-state index < -0.39 is 10.0 Å². The first-order valence-corrected chi connectivity index (χ1v) is 6.44. The van der Waals surface area contributed by atoms with Crippen molar-refractivity contribution < 1.29 is 8.42 Å². The molecule has 0 fully saturated rings. The van der Waals surface area contributed by atoms with E-state index in [-0.39, 0.29) is 0 Å². The lowest BCUT2D eigenvalue weighted by Crippen LogP contribution is -2.13. The molecule has 0 bridgehead atoms. The second kappa shape index (κ2) is 4.10. The van der Waals surface area contributed by atoms with Crippen molar-refractivity contribution in [1.82, 2.24) is 0 Å². The Morgan fingerprint density at radius 2 is 1.87 bits per heavy atom. The molecule has 1 aromatic rings. The van der Waals surface area contributed by atoms with Gasteiger partial charge in [0.2, 0.25) is 10.0 Å². The number of nitrogens with zero attached hydrogens (tertiary/aromatic N) is 1. The smallest absolute Gasteiger partial charge is 0.229 e. The van der Waals surface area contributed by atoms with Gasteiger partial charge in [0.1, 0.15) is 0 Å². The van der Waals surface area contributed by atoms with Crippen LogP contribution in [0.5, 0.6) is 0 Å². The van der Waals surface area contributed by atoms with Gasteiger partial charge in [-0.15, -0.1) is 0 Å². The number of hydrogen-bond acceptors (Lipinski definition) is 3. The SMILES string of the molecule is Cc1ccc(NS(C)(=O)=O)cc1N(C)C. The van der Waals surface area contributed by atoms with Crippen LogP contribution < -0.4 is 9.62 Å². The van der Waals surface area contributed by atoms with E-state index >= 15 is 0 Å². The average Bonchev–Trinajstić information content (AvgIpc) is 2.05. The molecule has 0 aliphatic carbocycles. The molecule has 4 nitrogen and oxygen atoms in total. The summed E-state index contributed by atoms with van der Waals surface area (Å²) in [6.45, 7) is 1.99. The van der Waals surface area contributed by atoms with Crippen LogP contribution in [0.2, 0.25) is 0 Å². The summed E-state index contributed by atoms with van der Waals surface area (Å²) >= 11 is 0. The highest BCUT2D eigenvalue weighted by atomic mass is 32.2. The zero-order valence-corrected chi connectivity index (χ0v) is 10.2. The Bertz CT molecular complexity index is 452. The van der Waals surface area contributed by atoms with Crippen molar-refractivity contribution in [2.24, 2.45) is 0 Å². The van der Waals surface area contributed by atoms with Crippen LogP contribution in [0.1, 0.15) is 5.56 Å². The molecule has 0 saturated heterocycles. The lowest BCUT2D eigenvalue weighted by molar-refractivity contribution is 0.607. The minimum Gasteiger partial charge on any atom is -0.377 e. The van der Waals surface area contributed by atoms with Crippen LogP contribution in [0.3, 0.4) is 0 Å². The van der Waals surface area contributed by atoms with Crippen molar-refractivity contribution in [2.45, 2.75) is 6.92 Å². The van der Waals surface area contributed by atoms with Gasteiger partial charge in [-0.05, 0) is 24.6 Å². The summed E-state index contributed by atoms with van der Waals surface area (Å²) in [5.41, 5.74) is 2.70. The van der Waals surface area contributed by atoms with Gasteiger partial charge in [0.15, 0.2) is 0 Å². The molecule has 0 saturated carbocycles. The van der Waals surface area contributed by atoms with E-state index in [9.17, 15) is 8.42 Å². The Balaban J connectivity index is 3.08. The first-order chi connectivity index (χ1) is 6.79. The van der Waals surface area contributed by atoms with Crippen LogP contribution in [0, 0.1) is 6.92 Å². The van der Waals surface area contributed by atoms with Gasteiger partial charge >= 0.3 is 0 Å². The van der Waals surface area contributed by atoms with E-state index in [0.717, 1.165) is 17.5 Å². The van der Waals surface area contributed by atoms with Crippen LogP contribution >= 0.6 is 0 Å². The molecule has 0 unspecified atom stereocenters. The fourth-order valence-corrected chi connectivity index (χ4v) is 1.92. The minimum absolute atomic E-state index is 0.590. The topological polar surface area (TPSA) is 49.4 Å². The summed E-state index contributed by atoms with van der Waals surface area (Å²) in [5.74, 6) is 0. The van der Waals surface area contributed by atoms with Gasteiger partial charge in [-0.25, -0.2) is 8.42 Å². The van der Waals surface area contributed by atoms with Crippen LogP contribution in [0.4, 0.5) is 11.4 Å². The molecule has 0 aromatic heterocycles. The Hall–Kier alpha value is -1.23. The lowest BCUT2D eigenvalue weighted by atomic mass is 10.2. The van der Waals surface area contributed by atoms with Crippen molar-refractivity contribution in [1.29, 1.82) is 0 Å². The molecule has 0 spiro atoms. The van der Waals surface area contributed by atoms with E-state index in [1.165, 1.54) is 0 Å². The van der Waals surface area contributed by atoms with E-state index in [2.05, 4.69) is 4.72 Å². The van der Waals surface area contributed by atoms with Gasteiger partial charge < -0.3 is 4.90 Å². The molecule has 84 valence electrons. The number of rotatable bonds is 3. The lowest BCUT2D eigenvalue weighted by Gasteiger charge is -2.17. The van der Waals surface area contributed by atoms with Crippen molar-refractivity contribution >= 4 is 21.4 Å². The third-order valence-electron chi connectivity index (χ3n) is 1.99. The maximum Gasteiger partial charge on any atom is 0.229 e. The summed E-state index contributed by atoms with van der Waals surface area (Å²) in [6, 6.07) is 5.46.